The number of hydrogen-bond donors (Lipinski definition) is 2. The Bertz CT molecular complexity index is 1240. The summed E-state index contributed by atoms with van der Waals surface area (Å²) in [5, 5.41) is 3.96. The van der Waals surface area contributed by atoms with E-state index in [1.807, 2.05) is 42.5 Å². The number of carbonyl (C=O) groups excluding carboxylic acids is 4. The van der Waals surface area contributed by atoms with Gasteiger partial charge in [0.1, 0.15) is 11.4 Å². The molecule has 2 heterocycles. The van der Waals surface area contributed by atoms with Crippen molar-refractivity contribution in [2.75, 3.05) is 59.3 Å². The number of morpholine rings is 1. The molecule has 0 radical (unpaired) electrons. The van der Waals surface area contributed by atoms with Gasteiger partial charge in [-0.05, 0) is 53.8 Å². The number of esters is 1. The van der Waals surface area contributed by atoms with Crippen LogP contribution < -0.4 is 10.0 Å². The predicted molar refractivity (Wildman–Crippen MR) is 166 cm³/mol. The zero-order chi connectivity index (χ0) is 29.9. The number of ether oxygens (including phenoxy) is 2. The van der Waals surface area contributed by atoms with Gasteiger partial charge in [-0.2, -0.15) is 0 Å². The van der Waals surface area contributed by atoms with E-state index in [9.17, 15) is 19.2 Å². The van der Waals surface area contributed by atoms with Crippen LogP contribution in [0.25, 0.3) is 10.8 Å². The second kappa shape index (κ2) is 16.3. The maximum absolute atomic E-state index is 13.7. The molecule has 0 saturated carbocycles. The Morgan fingerprint density at radius 2 is 1.83 bits per heavy atom. The Balaban J connectivity index is 1.43. The van der Waals surface area contributed by atoms with Crippen molar-refractivity contribution in [3.8, 4) is 0 Å². The summed E-state index contributed by atoms with van der Waals surface area (Å²) in [6, 6.07) is 13.2. The van der Waals surface area contributed by atoms with Gasteiger partial charge in [0, 0.05) is 39.1 Å². The zero-order valence-electron chi connectivity index (χ0n) is 24.2. The molecule has 3 atom stereocenters. The van der Waals surface area contributed by atoms with Crippen LogP contribution in [0.15, 0.2) is 42.5 Å². The molecule has 2 aliphatic heterocycles. The third kappa shape index (κ3) is 8.70. The standard InChI is InChI=1S/C30H40N4O6S2/c1-39-29(37)25-11-6-13-34(25)26(35)20-23(19-22-9-5-8-21-7-3-4-10-24(21)22)27(36)32-28(41-2)30(38)42-31-12-14-33-15-17-40-18-16-33/h3-5,7-10,23,25,28,31H,6,11-20H2,1-2H3,(H,32,36). The number of nitrogens with one attached hydrogen (secondary N) is 2. The lowest BCUT2D eigenvalue weighted by atomic mass is 9.91. The number of carbonyl (C=O) groups is 4. The molecule has 228 valence electrons. The Hall–Kier alpha value is -2.64. The summed E-state index contributed by atoms with van der Waals surface area (Å²) in [5.74, 6) is -1.81. The van der Waals surface area contributed by atoms with Gasteiger partial charge in [-0.1, -0.05) is 42.5 Å². The van der Waals surface area contributed by atoms with Crippen LogP contribution in [0, 0.1) is 5.92 Å². The number of amides is 2. The molecule has 3 unspecified atom stereocenters. The van der Waals surface area contributed by atoms with Crippen LogP contribution in [0.4, 0.5) is 0 Å². The summed E-state index contributed by atoms with van der Waals surface area (Å²) >= 11 is 2.23. The van der Waals surface area contributed by atoms with Gasteiger partial charge in [0.05, 0.1) is 26.2 Å². The summed E-state index contributed by atoms with van der Waals surface area (Å²) in [7, 11) is 1.31. The number of benzene rings is 2. The SMILES string of the molecule is COC(=O)C1CCCN1C(=O)CC(Cc1cccc2ccccc12)C(=O)NC(SC)C(=O)SNCCN1CCOCC1. The van der Waals surface area contributed by atoms with E-state index in [4.69, 9.17) is 9.47 Å². The predicted octanol–water partition coefficient (Wildman–Crippen LogP) is 2.45. The van der Waals surface area contributed by atoms with Crippen molar-refractivity contribution >= 4 is 57.4 Å². The zero-order valence-corrected chi connectivity index (χ0v) is 25.8. The molecule has 0 aliphatic carbocycles. The first-order valence-corrected chi connectivity index (χ1v) is 16.4. The molecule has 2 saturated heterocycles. The lowest BCUT2D eigenvalue weighted by Gasteiger charge is -2.27. The Kier molecular flexibility index (Phi) is 12.5. The smallest absolute Gasteiger partial charge is 0.328 e. The highest BCUT2D eigenvalue weighted by molar-refractivity contribution is 8.14. The van der Waals surface area contributed by atoms with Crippen LogP contribution in [0.5, 0.6) is 0 Å². The van der Waals surface area contributed by atoms with E-state index < -0.39 is 23.3 Å². The second-order valence-corrected chi connectivity index (χ2v) is 12.2. The van der Waals surface area contributed by atoms with Crippen molar-refractivity contribution in [3.05, 3.63) is 48.0 Å². The van der Waals surface area contributed by atoms with Crippen molar-refractivity contribution in [1.29, 1.82) is 0 Å². The van der Waals surface area contributed by atoms with Crippen molar-refractivity contribution < 1.29 is 28.7 Å². The van der Waals surface area contributed by atoms with Crippen LogP contribution in [-0.4, -0.2) is 103 Å². The fourth-order valence-electron chi connectivity index (χ4n) is 5.43. The van der Waals surface area contributed by atoms with E-state index in [0.717, 1.165) is 61.1 Å². The number of fused-ring (bicyclic) bond motifs is 1. The first-order valence-electron chi connectivity index (χ1n) is 14.3. The lowest BCUT2D eigenvalue weighted by molar-refractivity contribution is -0.151. The average molecular weight is 617 g/mol. The Labute approximate surface area is 255 Å². The molecular weight excluding hydrogens is 576 g/mol. The molecule has 2 fully saturated rings. The summed E-state index contributed by atoms with van der Waals surface area (Å²) < 4.78 is 13.4. The molecule has 2 aromatic rings. The van der Waals surface area contributed by atoms with Gasteiger partial charge in [-0.25, -0.2) is 4.79 Å². The first kappa shape index (κ1) is 32.3. The highest BCUT2D eigenvalue weighted by Crippen LogP contribution is 2.26. The van der Waals surface area contributed by atoms with Crippen molar-refractivity contribution in [3.63, 3.8) is 0 Å². The van der Waals surface area contributed by atoms with E-state index in [0.29, 0.717) is 32.4 Å². The van der Waals surface area contributed by atoms with Gasteiger partial charge in [-0.15, -0.1) is 11.8 Å². The number of hydrogen-bond acceptors (Lipinski definition) is 10. The molecule has 0 aromatic heterocycles. The van der Waals surface area contributed by atoms with Crippen LogP contribution in [0.3, 0.4) is 0 Å². The second-order valence-electron chi connectivity index (χ2n) is 10.4. The molecule has 0 bridgehead atoms. The molecular formula is C30H40N4O6S2. The quantitative estimate of drug-likeness (QED) is 0.150. The molecule has 0 spiro atoms. The molecule has 42 heavy (non-hydrogen) atoms. The molecule has 2 aliphatic rings. The molecule has 4 rings (SSSR count). The number of nitrogens with zero attached hydrogens (tertiary/aromatic N) is 2. The summed E-state index contributed by atoms with van der Waals surface area (Å²) in [4.78, 5) is 56.3. The molecule has 2 amide bonds. The van der Waals surface area contributed by atoms with E-state index in [2.05, 4.69) is 14.9 Å². The molecule has 12 heteroatoms. The summed E-state index contributed by atoms with van der Waals surface area (Å²) in [5.41, 5.74) is 0.943. The lowest BCUT2D eigenvalue weighted by Crippen LogP contribution is -2.45. The van der Waals surface area contributed by atoms with Gasteiger partial charge >= 0.3 is 5.97 Å². The fourth-order valence-corrected chi connectivity index (χ4v) is 6.79. The molecule has 2 N–H and O–H groups in total. The number of likely N-dealkylation sites (tertiary alicyclic amines) is 1. The van der Waals surface area contributed by atoms with Gasteiger partial charge in [-0.3, -0.25) is 24.0 Å². The van der Waals surface area contributed by atoms with Crippen LogP contribution >= 0.6 is 23.7 Å². The Morgan fingerprint density at radius 1 is 1.07 bits per heavy atom. The van der Waals surface area contributed by atoms with Gasteiger partial charge < -0.3 is 19.7 Å². The van der Waals surface area contributed by atoms with Crippen molar-refractivity contribution in [2.24, 2.45) is 5.92 Å². The van der Waals surface area contributed by atoms with Gasteiger partial charge in [0.25, 0.3) is 0 Å². The minimum absolute atomic E-state index is 0.0806. The van der Waals surface area contributed by atoms with Crippen molar-refractivity contribution in [1.82, 2.24) is 19.8 Å². The maximum atomic E-state index is 13.7. The topological polar surface area (TPSA) is 117 Å². The largest absolute Gasteiger partial charge is 0.467 e. The van der Waals surface area contributed by atoms with E-state index in [-0.39, 0.29) is 23.4 Å². The van der Waals surface area contributed by atoms with E-state index in [1.165, 1.54) is 23.8 Å². The number of rotatable bonds is 13. The first-order chi connectivity index (χ1) is 20.4. The summed E-state index contributed by atoms with van der Waals surface area (Å²) in [6.07, 6.45) is 3.24. The van der Waals surface area contributed by atoms with Crippen LogP contribution in [-0.2, 0) is 35.1 Å². The van der Waals surface area contributed by atoms with Crippen LogP contribution in [0.1, 0.15) is 24.8 Å². The van der Waals surface area contributed by atoms with E-state index >= 15 is 0 Å². The van der Waals surface area contributed by atoms with Gasteiger partial charge in [0.2, 0.25) is 16.9 Å². The van der Waals surface area contributed by atoms with E-state index in [1.54, 1.807) is 6.26 Å². The highest BCUT2D eigenvalue weighted by atomic mass is 32.2. The number of methoxy groups -OCH3 is 1. The molecule has 10 nitrogen and oxygen atoms in total. The minimum atomic E-state index is -0.780. The van der Waals surface area contributed by atoms with Crippen LogP contribution in [0.2, 0.25) is 0 Å². The highest BCUT2D eigenvalue weighted by Gasteiger charge is 2.37. The van der Waals surface area contributed by atoms with Gasteiger partial charge in [0.15, 0.2) is 0 Å². The number of thioether (sulfide) groups is 1. The summed E-state index contributed by atoms with van der Waals surface area (Å²) in [6.45, 7) is 5.06. The monoisotopic (exact) mass is 616 g/mol. The third-order valence-corrected chi connectivity index (χ3v) is 9.45. The normalized spacial score (nSPS) is 18.9. The maximum Gasteiger partial charge on any atom is 0.328 e. The third-order valence-electron chi connectivity index (χ3n) is 7.71. The Morgan fingerprint density at radius 3 is 2.60 bits per heavy atom. The fraction of sp³-hybridized carbons (Fsp3) is 0.533. The van der Waals surface area contributed by atoms with Crippen molar-refractivity contribution in [2.45, 2.75) is 37.1 Å². The minimum Gasteiger partial charge on any atom is -0.467 e. The molecule has 2 aromatic carbocycles. The average Bonchev–Trinajstić information content (AvgIpc) is 3.52.